The van der Waals surface area contributed by atoms with Gasteiger partial charge in [-0.05, 0) is 35.9 Å². The third kappa shape index (κ3) is 13.1. The summed E-state index contributed by atoms with van der Waals surface area (Å²) in [7, 11) is 2.63. The van der Waals surface area contributed by atoms with E-state index in [1.807, 2.05) is 60.7 Å². The van der Waals surface area contributed by atoms with E-state index >= 15 is 0 Å². The van der Waals surface area contributed by atoms with E-state index in [1.165, 1.54) is 39.0 Å². The Hall–Kier alpha value is -5.71. The highest BCUT2D eigenvalue weighted by Crippen LogP contribution is 2.19. The maximum atomic E-state index is 13.0. The number of rotatable bonds is 8. The Kier molecular flexibility index (Phi) is 16.3. The summed E-state index contributed by atoms with van der Waals surface area (Å²) >= 11 is 5.19. The lowest BCUT2D eigenvalue weighted by atomic mass is 10.3. The summed E-state index contributed by atoms with van der Waals surface area (Å²) in [6.07, 6.45) is 5.72. The molecule has 2 saturated heterocycles. The summed E-state index contributed by atoms with van der Waals surface area (Å²) in [5.74, 6) is 0.119. The molecule has 53 heavy (non-hydrogen) atoms. The number of hydrogen-bond donors (Lipinski definition) is 1. The lowest BCUT2D eigenvalue weighted by Crippen LogP contribution is -2.48. The summed E-state index contributed by atoms with van der Waals surface area (Å²) < 4.78 is 19.5. The smallest absolute Gasteiger partial charge is 0.341 e. The van der Waals surface area contributed by atoms with Crippen molar-refractivity contribution in [3.8, 4) is 0 Å². The zero-order chi connectivity index (χ0) is 37.8. The van der Waals surface area contributed by atoms with Crippen molar-refractivity contribution in [2.75, 3.05) is 77.0 Å². The molecule has 16 nitrogen and oxygen atoms in total. The molecule has 0 bridgehead atoms. The van der Waals surface area contributed by atoms with Crippen LogP contribution in [0.2, 0.25) is 0 Å². The number of methoxy groups -OCH3 is 2. The fourth-order valence-electron chi connectivity index (χ4n) is 4.75. The summed E-state index contributed by atoms with van der Waals surface area (Å²) in [4.78, 5) is 67.6. The molecule has 4 aromatic rings. The Balaban J connectivity index is 0.000000200. The quantitative estimate of drug-likeness (QED) is 0.154. The lowest BCUT2D eigenvalue weighted by Gasteiger charge is -2.32. The van der Waals surface area contributed by atoms with Crippen LogP contribution < -0.4 is 10.2 Å². The standard InChI is InChI=1S/C18H20N4O4.C13H13N3O2.C5H8ClNO2/c1-25-17(23)14-11-19-16(20-12-14)13-22(15-5-3-2-4-6-15)18(24)21-7-9-26-10-8-21;1-18-13(17)10-7-15-12(16-8-10)9-14-11-5-3-2-4-6-11;6-5(8)7-1-3-9-4-2-7/h2-6,11-12H,7-10,13H2,1H3;2-8,14H,9H2,1H3;1-4H2. The van der Waals surface area contributed by atoms with Gasteiger partial charge in [-0.1, -0.05) is 36.4 Å². The topological polar surface area (TPSA) is 179 Å². The van der Waals surface area contributed by atoms with Crippen LogP contribution in [0.25, 0.3) is 0 Å². The maximum absolute atomic E-state index is 13.0. The van der Waals surface area contributed by atoms with Gasteiger partial charge < -0.3 is 34.1 Å². The van der Waals surface area contributed by atoms with E-state index in [2.05, 4.69) is 34.7 Å². The van der Waals surface area contributed by atoms with Crippen molar-refractivity contribution in [1.82, 2.24) is 29.7 Å². The maximum Gasteiger partial charge on any atom is 0.341 e. The Morgan fingerprint density at radius 1 is 0.698 bits per heavy atom. The number of carbonyl (C=O) groups excluding carboxylic acids is 4. The van der Waals surface area contributed by atoms with Gasteiger partial charge in [-0.15, -0.1) is 0 Å². The van der Waals surface area contributed by atoms with Crippen LogP contribution in [0.3, 0.4) is 0 Å². The fraction of sp³-hybridized carbons (Fsp3) is 0.333. The van der Waals surface area contributed by atoms with Gasteiger partial charge in [0.15, 0.2) is 0 Å². The van der Waals surface area contributed by atoms with Gasteiger partial charge in [-0.2, -0.15) is 0 Å². The van der Waals surface area contributed by atoms with Crippen molar-refractivity contribution in [2.45, 2.75) is 13.1 Å². The Bertz CT molecular complexity index is 1730. The molecule has 2 aliphatic rings. The highest BCUT2D eigenvalue weighted by Gasteiger charge is 2.25. The highest BCUT2D eigenvalue weighted by molar-refractivity contribution is 6.62. The number of esters is 2. The fourth-order valence-corrected chi connectivity index (χ4v) is 4.92. The molecule has 2 aromatic heterocycles. The number of amides is 3. The average molecular weight is 749 g/mol. The number of aromatic nitrogens is 4. The number of ether oxygens (including phenoxy) is 4. The number of carbonyl (C=O) groups is 4. The van der Waals surface area contributed by atoms with Crippen LogP contribution in [0.1, 0.15) is 32.4 Å². The summed E-state index contributed by atoms with van der Waals surface area (Å²) in [5, 5.41) is 2.81. The van der Waals surface area contributed by atoms with Crippen LogP contribution in [-0.2, 0) is 32.0 Å². The molecule has 4 heterocycles. The number of anilines is 2. The normalized spacial score (nSPS) is 13.6. The van der Waals surface area contributed by atoms with E-state index in [4.69, 9.17) is 21.1 Å². The average Bonchev–Trinajstić information content (AvgIpc) is 3.23. The minimum atomic E-state index is -0.499. The van der Waals surface area contributed by atoms with Crippen molar-refractivity contribution in [3.63, 3.8) is 0 Å². The van der Waals surface area contributed by atoms with Gasteiger partial charge in [0.05, 0.1) is 64.9 Å². The van der Waals surface area contributed by atoms with Gasteiger partial charge in [0.2, 0.25) is 0 Å². The molecule has 0 saturated carbocycles. The SMILES string of the molecule is COC(=O)c1cnc(CN(C(=O)N2CCOCC2)c2ccccc2)nc1.COC(=O)c1cnc(CNc2ccccc2)nc1.O=C(Cl)N1CCOCC1. The zero-order valence-electron chi connectivity index (χ0n) is 29.4. The van der Waals surface area contributed by atoms with Crippen LogP contribution in [0.15, 0.2) is 85.5 Å². The predicted molar refractivity (Wildman–Crippen MR) is 195 cm³/mol. The molecule has 1 N–H and O–H groups in total. The molecule has 2 fully saturated rings. The van der Waals surface area contributed by atoms with Crippen molar-refractivity contribution in [3.05, 3.63) is 108 Å². The van der Waals surface area contributed by atoms with Gasteiger partial charge in [-0.25, -0.2) is 34.3 Å². The third-order valence-corrected chi connectivity index (χ3v) is 7.86. The highest BCUT2D eigenvalue weighted by atomic mass is 35.5. The van der Waals surface area contributed by atoms with Crippen molar-refractivity contribution in [2.24, 2.45) is 0 Å². The van der Waals surface area contributed by atoms with E-state index in [0.717, 1.165) is 11.4 Å². The molecular formula is C36H41ClN8O8. The first-order chi connectivity index (χ1) is 25.8. The van der Waals surface area contributed by atoms with Crippen LogP contribution in [0.5, 0.6) is 0 Å². The molecule has 0 radical (unpaired) electrons. The van der Waals surface area contributed by atoms with Gasteiger partial charge in [0, 0.05) is 62.3 Å². The van der Waals surface area contributed by atoms with Gasteiger partial charge in [-0.3, -0.25) is 9.69 Å². The van der Waals surface area contributed by atoms with E-state index in [0.29, 0.717) is 76.4 Å². The molecule has 0 atom stereocenters. The second-order valence-electron chi connectivity index (χ2n) is 11.1. The number of para-hydroxylation sites is 2. The van der Waals surface area contributed by atoms with E-state index < -0.39 is 11.9 Å². The van der Waals surface area contributed by atoms with Crippen molar-refractivity contribution < 1.29 is 38.1 Å². The Morgan fingerprint density at radius 2 is 1.15 bits per heavy atom. The number of halogens is 1. The molecular weight excluding hydrogens is 708 g/mol. The number of nitrogens with zero attached hydrogens (tertiary/aromatic N) is 7. The Morgan fingerprint density at radius 3 is 1.60 bits per heavy atom. The number of urea groups is 1. The van der Waals surface area contributed by atoms with Gasteiger partial charge in [0.25, 0.3) is 0 Å². The van der Waals surface area contributed by atoms with E-state index in [-0.39, 0.29) is 23.5 Å². The second kappa shape index (κ2) is 21.6. The van der Waals surface area contributed by atoms with Crippen LogP contribution in [-0.4, -0.2) is 120 Å². The largest absolute Gasteiger partial charge is 0.465 e. The first-order valence-electron chi connectivity index (χ1n) is 16.6. The number of hydrogen-bond acceptors (Lipinski definition) is 13. The summed E-state index contributed by atoms with van der Waals surface area (Å²) in [5.41, 5.74) is 2.37. The zero-order valence-corrected chi connectivity index (χ0v) is 30.2. The molecule has 2 aliphatic heterocycles. The number of nitrogens with one attached hydrogen (secondary N) is 1. The van der Waals surface area contributed by atoms with Crippen LogP contribution >= 0.6 is 11.6 Å². The predicted octanol–water partition coefficient (Wildman–Crippen LogP) is 4.27. The molecule has 6 rings (SSSR count). The molecule has 0 aliphatic carbocycles. The molecule has 280 valence electrons. The minimum Gasteiger partial charge on any atom is -0.465 e. The molecule has 3 amide bonds. The first-order valence-corrected chi connectivity index (χ1v) is 17.0. The van der Waals surface area contributed by atoms with Crippen LogP contribution in [0, 0.1) is 0 Å². The molecule has 2 aromatic carbocycles. The monoisotopic (exact) mass is 748 g/mol. The summed E-state index contributed by atoms with van der Waals surface area (Å²) in [6, 6.07) is 19.0. The van der Waals surface area contributed by atoms with Crippen molar-refractivity contribution >= 4 is 46.3 Å². The minimum absolute atomic E-state index is 0.125. The number of morpholine rings is 2. The van der Waals surface area contributed by atoms with Gasteiger partial charge in [0.1, 0.15) is 11.6 Å². The number of benzene rings is 2. The first kappa shape index (κ1) is 40.1. The lowest BCUT2D eigenvalue weighted by molar-refractivity contribution is 0.0547. The van der Waals surface area contributed by atoms with Crippen LogP contribution in [0.4, 0.5) is 21.0 Å². The van der Waals surface area contributed by atoms with E-state index in [1.54, 1.807) is 14.7 Å². The third-order valence-electron chi connectivity index (χ3n) is 7.62. The molecule has 17 heteroatoms. The van der Waals surface area contributed by atoms with Crippen molar-refractivity contribution in [1.29, 1.82) is 0 Å². The molecule has 0 spiro atoms. The summed E-state index contributed by atoms with van der Waals surface area (Å²) in [6.45, 7) is 5.32. The molecule has 0 unspecified atom stereocenters. The van der Waals surface area contributed by atoms with E-state index in [9.17, 15) is 19.2 Å². The van der Waals surface area contributed by atoms with Gasteiger partial charge >= 0.3 is 23.3 Å². The Labute approximate surface area is 312 Å². The second-order valence-corrected chi connectivity index (χ2v) is 11.5.